The monoisotopic (exact) mass is 318 g/mol. The van der Waals surface area contributed by atoms with E-state index in [9.17, 15) is 4.39 Å². The quantitative estimate of drug-likeness (QED) is 0.757. The van der Waals surface area contributed by atoms with E-state index in [0.717, 1.165) is 5.56 Å². The molecule has 1 aliphatic rings. The third-order valence-electron chi connectivity index (χ3n) is 3.04. The maximum Gasteiger partial charge on any atom is 0.238 e. The molecule has 1 aliphatic heterocycles. The SMILES string of the molecule is CCOP(=S)(CC)Oc1cc(F)cc2c1OC(C)(C)C2. The Hall–Kier alpha value is -0.640. The van der Waals surface area contributed by atoms with E-state index in [1.54, 1.807) is 0 Å². The zero-order valence-corrected chi connectivity index (χ0v) is 13.9. The van der Waals surface area contributed by atoms with Gasteiger partial charge >= 0.3 is 0 Å². The molecule has 3 nitrogen and oxygen atoms in total. The van der Waals surface area contributed by atoms with Crippen molar-refractivity contribution < 1.29 is 18.2 Å². The van der Waals surface area contributed by atoms with Crippen molar-refractivity contribution in [1.82, 2.24) is 0 Å². The van der Waals surface area contributed by atoms with Gasteiger partial charge in [0.15, 0.2) is 11.5 Å². The van der Waals surface area contributed by atoms with E-state index in [0.29, 0.717) is 30.7 Å². The lowest BCUT2D eigenvalue weighted by Gasteiger charge is -2.23. The van der Waals surface area contributed by atoms with Crippen molar-refractivity contribution in [1.29, 1.82) is 0 Å². The Balaban J connectivity index is 2.37. The van der Waals surface area contributed by atoms with Gasteiger partial charge in [-0.15, -0.1) is 0 Å². The van der Waals surface area contributed by atoms with E-state index in [1.807, 2.05) is 27.7 Å². The van der Waals surface area contributed by atoms with Gasteiger partial charge in [0.2, 0.25) is 6.49 Å². The number of hydrogen-bond acceptors (Lipinski definition) is 4. The Morgan fingerprint density at radius 2 is 2.10 bits per heavy atom. The average Bonchev–Trinajstić information content (AvgIpc) is 2.64. The Labute approximate surface area is 124 Å². The highest BCUT2D eigenvalue weighted by molar-refractivity contribution is 8.10. The van der Waals surface area contributed by atoms with Crippen LogP contribution in [0.5, 0.6) is 11.5 Å². The molecule has 0 spiro atoms. The number of fused-ring (bicyclic) bond motifs is 1. The molecule has 0 N–H and O–H groups in total. The molecule has 112 valence electrons. The van der Waals surface area contributed by atoms with E-state index < -0.39 is 6.49 Å². The van der Waals surface area contributed by atoms with Gasteiger partial charge in [0.25, 0.3) is 0 Å². The molecule has 0 saturated carbocycles. The van der Waals surface area contributed by atoms with Crippen molar-refractivity contribution in [2.24, 2.45) is 0 Å². The second-order valence-electron chi connectivity index (χ2n) is 5.37. The second kappa shape index (κ2) is 5.63. The number of rotatable bonds is 5. The molecule has 1 heterocycles. The van der Waals surface area contributed by atoms with Crippen LogP contribution < -0.4 is 9.26 Å². The van der Waals surface area contributed by atoms with Crippen molar-refractivity contribution in [3.63, 3.8) is 0 Å². The number of halogens is 1. The molecular weight excluding hydrogens is 298 g/mol. The van der Waals surface area contributed by atoms with Gasteiger partial charge in [-0.25, -0.2) is 4.39 Å². The zero-order chi connectivity index (χ0) is 15.0. The van der Waals surface area contributed by atoms with Gasteiger partial charge in [-0.05, 0) is 38.6 Å². The highest BCUT2D eigenvalue weighted by atomic mass is 32.5. The van der Waals surface area contributed by atoms with Gasteiger partial charge in [0, 0.05) is 24.2 Å². The molecule has 1 unspecified atom stereocenters. The lowest BCUT2D eigenvalue weighted by atomic mass is 10.0. The first-order valence-electron chi connectivity index (χ1n) is 6.73. The van der Waals surface area contributed by atoms with Gasteiger partial charge in [0.05, 0.1) is 6.61 Å². The van der Waals surface area contributed by atoms with E-state index in [4.69, 9.17) is 25.6 Å². The number of hydrogen-bond donors (Lipinski definition) is 0. The van der Waals surface area contributed by atoms with Crippen molar-refractivity contribution in [3.8, 4) is 11.5 Å². The second-order valence-corrected chi connectivity index (χ2v) is 9.33. The van der Waals surface area contributed by atoms with Crippen molar-refractivity contribution in [2.75, 3.05) is 12.8 Å². The smallest absolute Gasteiger partial charge is 0.238 e. The molecule has 1 atom stereocenters. The van der Waals surface area contributed by atoms with Crippen molar-refractivity contribution in [2.45, 2.75) is 39.7 Å². The first-order chi connectivity index (χ1) is 9.28. The van der Waals surface area contributed by atoms with Crippen LogP contribution >= 0.6 is 6.49 Å². The van der Waals surface area contributed by atoms with Crippen LogP contribution in [0, 0.1) is 5.82 Å². The highest BCUT2D eigenvalue weighted by Gasteiger charge is 2.34. The molecule has 2 rings (SSSR count). The Morgan fingerprint density at radius 1 is 1.40 bits per heavy atom. The normalized spacial score (nSPS) is 19.1. The summed E-state index contributed by atoms with van der Waals surface area (Å²) < 4.78 is 31.0. The molecule has 1 aromatic rings. The summed E-state index contributed by atoms with van der Waals surface area (Å²) in [5.74, 6) is 0.622. The fraction of sp³-hybridized carbons (Fsp3) is 0.571. The fourth-order valence-corrected chi connectivity index (χ4v) is 3.99. The minimum absolute atomic E-state index is 0.339. The summed E-state index contributed by atoms with van der Waals surface area (Å²) in [4.78, 5) is 0. The Morgan fingerprint density at radius 3 is 2.70 bits per heavy atom. The summed E-state index contributed by atoms with van der Waals surface area (Å²) in [6.07, 6.45) is 1.24. The van der Waals surface area contributed by atoms with E-state index in [2.05, 4.69) is 0 Å². The molecule has 0 aliphatic carbocycles. The largest absolute Gasteiger partial charge is 0.483 e. The summed E-state index contributed by atoms with van der Waals surface area (Å²) in [7, 11) is 0. The first kappa shape index (κ1) is 15.7. The Bertz CT molecular complexity index is 560. The molecule has 0 saturated heterocycles. The van der Waals surface area contributed by atoms with Crippen LogP contribution in [0.15, 0.2) is 12.1 Å². The standard InChI is InChI=1S/C14H20FO3PS/c1-5-16-19(20,6-2)18-12-8-11(15)7-10-9-14(3,4)17-13(10)12/h7-8H,5-6,9H2,1-4H3. The maximum atomic E-state index is 13.7. The van der Waals surface area contributed by atoms with Crippen molar-refractivity contribution >= 4 is 18.3 Å². The summed E-state index contributed by atoms with van der Waals surface area (Å²) in [5.41, 5.74) is 0.466. The molecule has 6 heteroatoms. The number of benzene rings is 1. The fourth-order valence-electron chi connectivity index (χ4n) is 2.24. The van der Waals surface area contributed by atoms with Crippen LogP contribution in [-0.4, -0.2) is 18.4 Å². The summed E-state index contributed by atoms with van der Waals surface area (Å²) >= 11 is 5.44. The van der Waals surface area contributed by atoms with Crippen LogP contribution in [0.1, 0.15) is 33.3 Å². The topological polar surface area (TPSA) is 27.7 Å². The third-order valence-corrected chi connectivity index (χ3v) is 6.26. The van der Waals surface area contributed by atoms with Crippen LogP contribution in [0.4, 0.5) is 4.39 Å². The van der Waals surface area contributed by atoms with Gasteiger partial charge in [-0.3, -0.25) is 0 Å². The first-order valence-corrected chi connectivity index (χ1v) is 9.55. The number of ether oxygens (including phenoxy) is 1. The molecule has 0 radical (unpaired) electrons. The van der Waals surface area contributed by atoms with E-state index in [1.165, 1.54) is 12.1 Å². The third kappa shape index (κ3) is 3.33. The Kier molecular flexibility index (Phi) is 4.43. The molecular formula is C14H20FO3PS. The predicted molar refractivity (Wildman–Crippen MR) is 81.9 cm³/mol. The molecule has 20 heavy (non-hydrogen) atoms. The van der Waals surface area contributed by atoms with Crippen molar-refractivity contribution in [3.05, 3.63) is 23.5 Å². The van der Waals surface area contributed by atoms with Crippen LogP contribution in [0.3, 0.4) is 0 Å². The predicted octanol–water partition coefficient (Wildman–Crippen LogP) is 4.28. The van der Waals surface area contributed by atoms with Gasteiger partial charge in [-0.2, -0.15) is 0 Å². The molecule has 0 bridgehead atoms. The molecule has 0 fully saturated rings. The van der Waals surface area contributed by atoms with Gasteiger partial charge in [-0.1, -0.05) is 6.92 Å². The summed E-state index contributed by atoms with van der Waals surface area (Å²) in [6.45, 7) is 5.77. The van der Waals surface area contributed by atoms with E-state index in [-0.39, 0.29) is 11.4 Å². The van der Waals surface area contributed by atoms with Gasteiger partial charge < -0.3 is 13.8 Å². The molecule has 1 aromatic carbocycles. The minimum Gasteiger partial charge on any atom is -0.483 e. The van der Waals surface area contributed by atoms with Gasteiger partial charge in [0.1, 0.15) is 11.4 Å². The summed E-state index contributed by atoms with van der Waals surface area (Å²) in [5, 5.41) is 0. The summed E-state index contributed by atoms with van der Waals surface area (Å²) in [6, 6.07) is 2.82. The average molecular weight is 318 g/mol. The lowest BCUT2D eigenvalue weighted by molar-refractivity contribution is 0.135. The minimum atomic E-state index is -2.43. The lowest BCUT2D eigenvalue weighted by Crippen LogP contribution is -2.24. The molecule has 0 aromatic heterocycles. The van der Waals surface area contributed by atoms with Crippen LogP contribution in [-0.2, 0) is 22.8 Å². The van der Waals surface area contributed by atoms with Crippen LogP contribution in [0.25, 0.3) is 0 Å². The maximum absolute atomic E-state index is 13.7. The van der Waals surface area contributed by atoms with E-state index >= 15 is 0 Å². The van der Waals surface area contributed by atoms with Crippen LogP contribution in [0.2, 0.25) is 0 Å². The highest BCUT2D eigenvalue weighted by Crippen LogP contribution is 2.53. The zero-order valence-electron chi connectivity index (χ0n) is 12.2. The molecule has 0 amide bonds.